The molecule has 0 saturated carbocycles. The van der Waals surface area contributed by atoms with Gasteiger partial charge in [-0.2, -0.15) is 0 Å². The van der Waals surface area contributed by atoms with Crippen molar-refractivity contribution < 1.29 is 9.59 Å². The highest BCUT2D eigenvalue weighted by Gasteiger charge is 2.67. The van der Waals surface area contributed by atoms with Crippen LogP contribution in [0.2, 0.25) is 5.02 Å². The van der Waals surface area contributed by atoms with Gasteiger partial charge in [0.15, 0.2) is 0 Å². The van der Waals surface area contributed by atoms with Gasteiger partial charge in [-0.05, 0) is 43.2 Å². The first kappa shape index (κ1) is 14.9. The molecule has 5 rings (SSSR count). The molecular weight excluding hydrogens is 340 g/mol. The molecule has 1 spiro atoms. The maximum atomic E-state index is 13.2. The molecular formula is C18H15ClN4O2. The number of aromatic nitrogens is 1. The molecule has 1 N–H and O–H groups in total. The van der Waals surface area contributed by atoms with Gasteiger partial charge in [0.2, 0.25) is 11.6 Å². The number of amides is 2. The standard InChI is InChI=1S/C18H15ClN4O2/c19-11-6-7-13-12(10-11)18(17(25)21-13)22-9-3-4-14(22)16(24)23(18)15-5-1-2-8-20-15/h1-2,5-8,10,14H,3-4,9H2,(H,21,25)/t14-,18+/m0/s1. The van der Waals surface area contributed by atoms with Crippen molar-refractivity contribution in [2.24, 2.45) is 0 Å². The van der Waals surface area contributed by atoms with Crippen LogP contribution in [0, 0.1) is 0 Å². The molecule has 0 aliphatic carbocycles. The van der Waals surface area contributed by atoms with Crippen molar-refractivity contribution in [2.75, 3.05) is 16.8 Å². The average Bonchev–Trinajstić information content (AvgIpc) is 3.26. The molecule has 25 heavy (non-hydrogen) atoms. The Kier molecular flexibility index (Phi) is 2.99. The number of anilines is 2. The van der Waals surface area contributed by atoms with E-state index in [1.165, 1.54) is 0 Å². The zero-order valence-electron chi connectivity index (χ0n) is 13.3. The Bertz CT molecular complexity index is 903. The van der Waals surface area contributed by atoms with Crippen molar-refractivity contribution in [1.82, 2.24) is 9.88 Å². The number of nitrogens with zero attached hydrogens (tertiary/aromatic N) is 3. The Morgan fingerprint density at radius 1 is 1.24 bits per heavy atom. The second-order valence-corrected chi connectivity index (χ2v) is 6.97. The lowest BCUT2D eigenvalue weighted by atomic mass is 9.98. The van der Waals surface area contributed by atoms with Crippen LogP contribution in [0.4, 0.5) is 11.5 Å². The highest BCUT2D eigenvalue weighted by atomic mass is 35.5. The number of halogens is 1. The molecule has 0 radical (unpaired) electrons. The van der Waals surface area contributed by atoms with Gasteiger partial charge >= 0.3 is 0 Å². The molecule has 2 saturated heterocycles. The molecule has 7 heteroatoms. The van der Waals surface area contributed by atoms with Crippen molar-refractivity contribution in [3.05, 3.63) is 53.2 Å². The fraction of sp³-hybridized carbons (Fsp3) is 0.278. The first-order valence-electron chi connectivity index (χ1n) is 8.27. The summed E-state index contributed by atoms with van der Waals surface area (Å²) in [5, 5.41) is 3.46. The topological polar surface area (TPSA) is 65.5 Å². The van der Waals surface area contributed by atoms with Gasteiger partial charge in [0, 0.05) is 29.0 Å². The minimum absolute atomic E-state index is 0.0841. The summed E-state index contributed by atoms with van der Waals surface area (Å²) >= 11 is 6.23. The van der Waals surface area contributed by atoms with Gasteiger partial charge in [0.1, 0.15) is 5.82 Å². The van der Waals surface area contributed by atoms with E-state index in [2.05, 4.69) is 10.3 Å². The fourth-order valence-electron chi connectivity index (χ4n) is 4.37. The summed E-state index contributed by atoms with van der Waals surface area (Å²) in [5.41, 5.74) is 0.191. The molecule has 4 heterocycles. The Morgan fingerprint density at radius 2 is 2.12 bits per heavy atom. The molecule has 3 aliphatic heterocycles. The molecule has 1 aromatic heterocycles. The van der Waals surface area contributed by atoms with E-state index in [9.17, 15) is 9.59 Å². The Hall–Kier alpha value is -2.44. The Morgan fingerprint density at radius 3 is 2.92 bits per heavy atom. The summed E-state index contributed by atoms with van der Waals surface area (Å²) < 4.78 is 0. The number of rotatable bonds is 1. The number of pyridine rings is 1. The van der Waals surface area contributed by atoms with E-state index in [0.717, 1.165) is 12.8 Å². The van der Waals surface area contributed by atoms with Crippen LogP contribution >= 0.6 is 11.6 Å². The SMILES string of the molecule is O=C1[C@@H]2CCCN2[C@@]2(C(=O)Nc3ccc(Cl)cc32)N1c1ccccn1. The highest BCUT2D eigenvalue weighted by Crippen LogP contribution is 2.52. The predicted molar refractivity (Wildman–Crippen MR) is 93.2 cm³/mol. The van der Waals surface area contributed by atoms with Crippen LogP contribution in [0.5, 0.6) is 0 Å². The van der Waals surface area contributed by atoms with Crippen LogP contribution in [0.25, 0.3) is 0 Å². The van der Waals surface area contributed by atoms with Crippen LogP contribution in [0.3, 0.4) is 0 Å². The number of hydrogen-bond donors (Lipinski definition) is 1. The quantitative estimate of drug-likeness (QED) is 0.853. The predicted octanol–water partition coefficient (Wildman–Crippen LogP) is 2.35. The van der Waals surface area contributed by atoms with Crippen molar-refractivity contribution >= 4 is 34.9 Å². The molecule has 2 amide bonds. The van der Waals surface area contributed by atoms with Gasteiger partial charge in [-0.15, -0.1) is 0 Å². The van der Waals surface area contributed by atoms with E-state index in [4.69, 9.17) is 11.6 Å². The van der Waals surface area contributed by atoms with E-state index in [0.29, 0.717) is 28.6 Å². The third-order valence-corrected chi connectivity index (χ3v) is 5.53. The second kappa shape index (κ2) is 5.03. The van der Waals surface area contributed by atoms with Crippen LogP contribution in [0.15, 0.2) is 42.6 Å². The van der Waals surface area contributed by atoms with Gasteiger partial charge in [-0.3, -0.25) is 19.4 Å². The van der Waals surface area contributed by atoms with Crippen LogP contribution in [-0.2, 0) is 15.3 Å². The zero-order chi connectivity index (χ0) is 17.2. The molecule has 1 aromatic carbocycles. The molecule has 6 nitrogen and oxygen atoms in total. The lowest BCUT2D eigenvalue weighted by Gasteiger charge is -2.37. The summed E-state index contributed by atoms with van der Waals surface area (Å²) in [6.07, 6.45) is 3.26. The van der Waals surface area contributed by atoms with Gasteiger partial charge < -0.3 is 5.32 Å². The summed E-state index contributed by atoms with van der Waals surface area (Å²) in [7, 11) is 0. The van der Waals surface area contributed by atoms with Crippen molar-refractivity contribution in [3.8, 4) is 0 Å². The van der Waals surface area contributed by atoms with Crippen molar-refractivity contribution in [1.29, 1.82) is 0 Å². The third-order valence-electron chi connectivity index (χ3n) is 5.30. The Balaban J connectivity index is 1.81. The largest absolute Gasteiger partial charge is 0.322 e. The monoisotopic (exact) mass is 354 g/mol. The molecule has 0 bridgehead atoms. The van der Waals surface area contributed by atoms with Crippen molar-refractivity contribution in [3.63, 3.8) is 0 Å². The molecule has 126 valence electrons. The Labute approximate surface area is 149 Å². The first-order valence-corrected chi connectivity index (χ1v) is 8.65. The maximum absolute atomic E-state index is 13.2. The van der Waals surface area contributed by atoms with E-state index >= 15 is 0 Å². The van der Waals surface area contributed by atoms with Gasteiger partial charge in [-0.25, -0.2) is 4.98 Å². The summed E-state index contributed by atoms with van der Waals surface area (Å²) in [5.74, 6) is 0.164. The van der Waals surface area contributed by atoms with E-state index in [-0.39, 0.29) is 17.9 Å². The summed E-state index contributed by atoms with van der Waals surface area (Å²) in [4.78, 5) is 34.3. The molecule has 0 unspecified atom stereocenters. The maximum Gasteiger partial charge on any atom is 0.271 e. The van der Waals surface area contributed by atoms with E-state index < -0.39 is 5.66 Å². The molecule has 2 fully saturated rings. The van der Waals surface area contributed by atoms with Crippen LogP contribution in [0.1, 0.15) is 18.4 Å². The van der Waals surface area contributed by atoms with Crippen LogP contribution < -0.4 is 10.2 Å². The molecule has 2 atom stereocenters. The minimum Gasteiger partial charge on any atom is -0.322 e. The normalized spacial score (nSPS) is 27.7. The average molecular weight is 355 g/mol. The van der Waals surface area contributed by atoms with Crippen LogP contribution in [-0.4, -0.2) is 34.3 Å². The number of carbonyl (C=O) groups excluding carboxylic acids is 2. The van der Waals surface area contributed by atoms with Gasteiger partial charge in [0.25, 0.3) is 5.91 Å². The second-order valence-electron chi connectivity index (χ2n) is 6.53. The smallest absolute Gasteiger partial charge is 0.271 e. The zero-order valence-corrected chi connectivity index (χ0v) is 14.0. The number of carbonyl (C=O) groups is 2. The summed E-state index contributed by atoms with van der Waals surface area (Å²) in [6, 6.07) is 10.4. The lowest BCUT2D eigenvalue weighted by molar-refractivity contribution is -0.126. The first-order chi connectivity index (χ1) is 12.1. The number of nitrogens with one attached hydrogen (secondary N) is 1. The fourth-order valence-corrected chi connectivity index (χ4v) is 4.54. The van der Waals surface area contributed by atoms with E-state index in [1.54, 1.807) is 41.4 Å². The van der Waals surface area contributed by atoms with Gasteiger partial charge in [0.05, 0.1) is 6.04 Å². The van der Waals surface area contributed by atoms with Crippen molar-refractivity contribution in [2.45, 2.75) is 24.5 Å². The lowest BCUT2D eigenvalue weighted by Crippen LogP contribution is -2.56. The summed E-state index contributed by atoms with van der Waals surface area (Å²) in [6.45, 7) is 0.680. The third kappa shape index (κ3) is 1.75. The van der Waals surface area contributed by atoms with Gasteiger partial charge in [-0.1, -0.05) is 17.7 Å². The molecule has 2 aromatic rings. The van der Waals surface area contributed by atoms with E-state index in [1.807, 2.05) is 11.0 Å². The number of benzene rings is 1. The highest BCUT2D eigenvalue weighted by molar-refractivity contribution is 6.31. The molecule has 3 aliphatic rings. The number of hydrogen-bond acceptors (Lipinski definition) is 4. The minimum atomic E-state index is -1.22. The number of fused-ring (bicyclic) bond motifs is 4.